The number of hydrogen-bond acceptors (Lipinski definition) is 2. The molecule has 1 aromatic carbocycles. The number of benzene rings is 1. The molecule has 1 rings (SSSR count). The van der Waals surface area contributed by atoms with Crippen LogP contribution in [0.25, 0.3) is 0 Å². The Morgan fingerprint density at radius 2 is 2.25 bits per heavy atom. The van der Waals surface area contributed by atoms with Gasteiger partial charge >= 0.3 is 0 Å². The van der Waals surface area contributed by atoms with Crippen molar-refractivity contribution in [2.75, 3.05) is 19.0 Å². The quantitative estimate of drug-likeness (QED) is 0.711. The highest BCUT2D eigenvalue weighted by Crippen LogP contribution is 2.10. The Kier molecular flexibility index (Phi) is 3.61. The molecule has 0 saturated carbocycles. The van der Waals surface area contributed by atoms with Gasteiger partial charge < -0.3 is 10.4 Å². The van der Waals surface area contributed by atoms with Crippen LogP contribution in [0.2, 0.25) is 0 Å². The second-order valence-corrected chi connectivity index (χ2v) is 2.78. The van der Waals surface area contributed by atoms with Gasteiger partial charge in [-0.2, -0.15) is 0 Å². The Balaban J connectivity index is 2.60. The number of aliphatic hydroxyl groups is 1. The molecule has 66 valence electrons. The second-order valence-electron chi connectivity index (χ2n) is 2.78. The molecule has 0 heterocycles. The van der Waals surface area contributed by atoms with E-state index in [1.165, 1.54) is 5.56 Å². The fourth-order valence-corrected chi connectivity index (χ4v) is 1.17. The fraction of sp³-hybridized carbons (Fsp3) is 0.400. The maximum absolute atomic E-state index is 8.64. The van der Waals surface area contributed by atoms with Crippen LogP contribution in [0.4, 0.5) is 5.69 Å². The van der Waals surface area contributed by atoms with Crippen molar-refractivity contribution < 1.29 is 5.11 Å². The van der Waals surface area contributed by atoms with Gasteiger partial charge in [0.05, 0.1) is 0 Å². The van der Waals surface area contributed by atoms with Crippen molar-refractivity contribution in [3.63, 3.8) is 0 Å². The molecule has 2 heteroatoms. The zero-order chi connectivity index (χ0) is 8.81. The molecule has 2 nitrogen and oxygen atoms in total. The first-order chi connectivity index (χ1) is 5.86. The van der Waals surface area contributed by atoms with Gasteiger partial charge in [0.25, 0.3) is 0 Å². The second kappa shape index (κ2) is 4.78. The van der Waals surface area contributed by atoms with Crippen LogP contribution in [0, 0.1) is 0 Å². The van der Waals surface area contributed by atoms with E-state index in [9.17, 15) is 0 Å². The van der Waals surface area contributed by atoms with E-state index in [0.29, 0.717) is 0 Å². The highest BCUT2D eigenvalue weighted by molar-refractivity contribution is 5.44. The van der Waals surface area contributed by atoms with E-state index < -0.39 is 0 Å². The van der Waals surface area contributed by atoms with Gasteiger partial charge in [-0.3, -0.25) is 0 Å². The van der Waals surface area contributed by atoms with Gasteiger partial charge in [0, 0.05) is 19.3 Å². The molecule has 0 amide bonds. The normalized spacial score (nSPS) is 9.83. The smallest absolute Gasteiger partial charge is 0.0434 e. The summed E-state index contributed by atoms with van der Waals surface area (Å²) < 4.78 is 0. The standard InChI is InChI=1S/C10H15NO/c1-11-10-6-2-4-9(8-10)5-3-7-12/h2,4,6,8,11-12H,3,5,7H2,1H3. The van der Waals surface area contributed by atoms with Gasteiger partial charge in [-0.15, -0.1) is 0 Å². The van der Waals surface area contributed by atoms with Crippen molar-refractivity contribution in [1.82, 2.24) is 0 Å². The Morgan fingerprint density at radius 3 is 2.92 bits per heavy atom. The molecule has 0 aliphatic rings. The van der Waals surface area contributed by atoms with E-state index in [1.807, 2.05) is 19.2 Å². The summed E-state index contributed by atoms with van der Waals surface area (Å²) in [4.78, 5) is 0. The number of rotatable bonds is 4. The Labute approximate surface area is 73.2 Å². The van der Waals surface area contributed by atoms with Gasteiger partial charge in [0.2, 0.25) is 0 Å². The molecule has 1 aromatic rings. The lowest BCUT2D eigenvalue weighted by Gasteiger charge is -2.03. The van der Waals surface area contributed by atoms with E-state index in [4.69, 9.17) is 5.11 Å². The fourth-order valence-electron chi connectivity index (χ4n) is 1.17. The van der Waals surface area contributed by atoms with Gasteiger partial charge in [-0.05, 0) is 30.5 Å². The van der Waals surface area contributed by atoms with Gasteiger partial charge in [0.1, 0.15) is 0 Å². The number of nitrogens with one attached hydrogen (secondary N) is 1. The average Bonchev–Trinajstić information content (AvgIpc) is 2.15. The molecular formula is C10H15NO. The summed E-state index contributed by atoms with van der Waals surface area (Å²) in [5.74, 6) is 0. The lowest BCUT2D eigenvalue weighted by molar-refractivity contribution is 0.288. The maximum Gasteiger partial charge on any atom is 0.0434 e. The average molecular weight is 165 g/mol. The zero-order valence-corrected chi connectivity index (χ0v) is 7.38. The molecule has 0 aliphatic heterocycles. The van der Waals surface area contributed by atoms with Gasteiger partial charge in [-0.25, -0.2) is 0 Å². The minimum absolute atomic E-state index is 0.268. The predicted molar refractivity (Wildman–Crippen MR) is 51.4 cm³/mol. The third kappa shape index (κ3) is 2.55. The molecule has 0 unspecified atom stereocenters. The molecule has 0 aliphatic carbocycles. The van der Waals surface area contributed by atoms with Crippen LogP contribution in [-0.4, -0.2) is 18.8 Å². The number of aliphatic hydroxyl groups excluding tert-OH is 1. The summed E-state index contributed by atoms with van der Waals surface area (Å²) in [6.07, 6.45) is 1.79. The topological polar surface area (TPSA) is 32.3 Å². The molecular weight excluding hydrogens is 150 g/mol. The first-order valence-electron chi connectivity index (χ1n) is 4.24. The first-order valence-corrected chi connectivity index (χ1v) is 4.24. The van der Waals surface area contributed by atoms with Crippen molar-refractivity contribution in [3.05, 3.63) is 29.8 Å². The summed E-state index contributed by atoms with van der Waals surface area (Å²) in [5, 5.41) is 11.7. The predicted octanol–water partition coefficient (Wildman–Crippen LogP) is 1.65. The Bertz CT molecular complexity index is 235. The Morgan fingerprint density at radius 1 is 1.42 bits per heavy atom. The molecule has 0 spiro atoms. The van der Waals surface area contributed by atoms with Crippen LogP contribution in [0.15, 0.2) is 24.3 Å². The molecule has 0 saturated heterocycles. The molecule has 0 fully saturated rings. The van der Waals surface area contributed by atoms with Crippen molar-refractivity contribution in [2.45, 2.75) is 12.8 Å². The summed E-state index contributed by atoms with van der Waals surface area (Å²) in [5.41, 5.74) is 2.40. The van der Waals surface area contributed by atoms with E-state index in [0.717, 1.165) is 18.5 Å². The van der Waals surface area contributed by atoms with Crippen molar-refractivity contribution in [3.8, 4) is 0 Å². The number of anilines is 1. The molecule has 0 aromatic heterocycles. The first kappa shape index (κ1) is 9.07. The number of aryl methyl sites for hydroxylation is 1. The highest BCUT2D eigenvalue weighted by atomic mass is 16.2. The van der Waals surface area contributed by atoms with Crippen molar-refractivity contribution in [1.29, 1.82) is 0 Å². The minimum atomic E-state index is 0.268. The van der Waals surface area contributed by atoms with E-state index >= 15 is 0 Å². The van der Waals surface area contributed by atoms with Crippen LogP contribution in [0.1, 0.15) is 12.0 Å². The third-order valence-corrected chi connectivity index (χ3v) is 1.84. The zero-order valence-electron chi connectivity index (χ0n) is 7.38. The molecule has 0 bridgehead atoms. The highest BCUT2D eigenvalue weighted by Gasteiger charge is 1.93. The van der Waals surface area contributed by atoms with E-state index in [1.54, 1.807) is 0 Å². The van der Waals surface area contributed by atoms with Crippen LogP contribution < -0.4 is 5.32 Å². The summed E-state index contributed by atoms with van der Waals surface area (Å²) in [7, 11) is 1.91. The monoisotopic (exact) mass is 165 g/mol. The van der Waals surface area contributed by atoms with Crippen LogP contribution >= 0.6 is 0 Å². The molecule has 12 heavy (non-hydrogen) atoms. The third-order valence-electron chi connectivity index (χ3n) is 1.84. The van der Waals surface area contributed by atoms with Crippen LogP contribution in [0.5, 0.6) is 0 Å². The lowest BCUT2D eigenvalue weighted by atomic mass is 10.1. The number of hydrogen-bond donors (Lipinski definition) is 2. The SMILES string of the molecule is CNc1cccc(CCCO)c1. The van der Waals surface area contributed by atoms with E-state index in [2.05, 4.69) is 17.4 Å². The largest absolute Gasteiger partial charge is 0.396 e. The molecule has 2 N–H and O–H groups in total. The minimum Gasteiger partial charge on any atom is -0.396 e. The summed E-state index contributed by atoms with van der Waals surface area (Å²) >= 11 is 0. The molecule has 0 atom stereocenters. The van der Waals surface area contributed by atoms with Gasteiger partial charge in [-0.1, -0.05) is 12.1 Å². The van der Waals surface area contributed by atoms with Gasteiger partial charge in [0.15, 0.2) is 0 Å². The van der Waals surface area contributed by atoms with Crippen molar-refractivity contribution in [2.24, 2.45) is 0 Å². The van der Waals surface area contributed by atoms with Crippen molar-refractivity contribution >= 4 is 5.69 Å². The summed E-state index contributed by atoms with van der Waals surface area (Å²) in [6.45, 7) is 0.268. The van der Waals surface area contributed by atoms with E-state index in [-0.39, 0.29) is 6.61 Å². The Hall–Kier alpha value is -1.02. The summed E-state index contributed by atoms with van der Waals surface area (Å²) in [6, 6.07) is 8.24. The lowest BCUT2D eigenvalue weighted by Crippen LogP contribution is -1.92. The maximum atomic E-state index is 8.64. The molecule has 0 radical (unpaired) electrons. The van der Waals surface area contributed by atoms with Crippen LogP contribution in [-0.2, 0) is 6.42 Å². The van der Waals surface area contributed by atoms with Crippen LogP contribution in [0.3, 0.4) is 0 Å².